The highest BCUT2D eigenvalue weighted by molar-refractivity contribution is 5.29. The highest BCUT2D eigenvalue weighted by Gasteiger charge is 2.35. The van der Waals surface area contributed by atoms with Gasteiger partial charge in [0.25, 0.3) is 0 Å². The molecule has 0 saturated heterocycles. The Hall–Kier alpha value is -0.820. The van der Waals surface area contributed by atoms with E-state index in [9.17, 15) is 5.11 Å². The maximum Gasteiger partial charge on any atom is 0.0549 e. The van der Waals surface area contributed by atoms with Crippen LogP contribution in [0.5, 0.6) is 0 Å². The number of hydrogen-bond donors (Lipinski definition) is 1. The van der Waals surface area contributed by atoms with Gasteiger partial charge >= 0.3 is 0 Å². The largest absolute Gasteiger partial charge is 0.393 e. The number of benzene rings is 1. The molecule has 0 spiro atoms. The highest BCUT2D eigenvalue weighted by Crippen LogP contribution is 2.40. The van der Waals surface area contributed by atoms with Crippen LogP contribution in [0.3, 0.4) is 0 Å². The SMILES string of the molecule is Cc1ccc(C2(C)CCC(O)C2)cc1. The molecule has 0 bridgehead atoms. The predicted octanol–water partition coefficient (Wildman–Crippen LogP) is 2.80. The minimum Gasteiger partial charge on any atom is -0.393 e. The summed E-state index contributed by atoms with van der Waals surface area (Å²) in [6, 6.07) is 8.72. The van der Waals surface area contributed by atoms with E-state index in [-0.39, 0.29) is 11.5 Å². The Morgan fingerprint density at radius 3 is 2.43 bits per heavy atom. The fourth-order valence-corrected chi connectivity index (χ4v) is 2.43. The maximum absolute atomic E-state index is 9.58. The summed E-state index contributed by atoms with van der Waals surface area (Å²) in [4.78, 5) is 0. The maximum atomic E-state index is 9.58. The Morgan fingerprint density at radius 1 is 1.29 bits per heavy atom. The first kappa shape index (κ1) is 9.72. The van der Waals surface area contributed by atoms with Crippen LogP contribution in [0.15, 0.2) is 24.3 Å². The van der Waals surface area contributed by atoms with Crippen LogP contribution in [-0.2, 0) is 5.41 Å². The van der Waals surface area contributed by atoms with Crippen LogP contribution >= 0.6 is 0 Å². The van der Waals surface area contributed by atoms with Gasteiger partial charge in [-0.2, -0.15) is 0 Å². The molecule has 1 aromatic carbocycles. The van der Waals surface area contributed by atoms with Crippen molar-refractivity contribution in [2.45, 2.75) is 44.6 Å². The molecule has 1 aliphatic rings. The highest BCUT2D eigenvalue weighted by atomic mass is 16.3. The van der Waals surface area contributed by atoms with Crippen molar-refractivity contribution >= 4 is 0 Å². The zero-order valence-corrected chi connectivity index (χ0v) is 8.96. The molecule has 1 heteroatoms. The molecule has 14 heavy (non-hydrogen) atoms. The van der Waals surface area contributed by atoms with Gasteiger partial charge in [0.15, 0.2) is 0 Å². The van der Waals surface area contributed by atoms with Gasteiger partial charge in [-0.1, -0.05) is 36.8 Å². The Bertz CT molecular complexity index is 315. The smallest absolute Gasteiger partial charge is 0.0549 e. The molecular weight excluding hydrogens is 172 g/mol. The first-order valence-electron chi connectivity index (χ1n) is 5.35. The summed E-state index contributed by atoms with van der Waals surface area (Å²) in [6.45, 7) is 4.36. The first-order chi connectivity index (χ1) is 6.60. The summed E-state index contributed by atoms with van der Waals surface area (Å²) in [5, 5.41) is 9.58. The number of aliphatic hydroxyl groups is 1. The molecule has 0 heterocycles. The minimum atomic E-state index is -0.0960. The lowest BCUT2D eigenvalue weighted by molar-refractivity contribution is 0.175. The van der Waals surface area contributed by atoms with E-state index in [1.807, 2.05) is 0 Å². The number of rotatable bonds is 1. The average Bonchev–Trinajstić information content (AvgIpc) is 2.48. The van der Waals surface area contributed by atoms with Crippen molar-refractivity contribution in [3.8, 4) is 0 Å². The van der Waals surface area contributed by atoms with Crippen molar-refractivity contribution in [2.75, 3.05) is 0 Å². The Balaban J connectivity index is 2.26. The summed E-state index contributed by atoms with van der Waals surface area (Å²) >= 11 is 0. The van der Waals surface area contributed by atoms with E-state index in [1.54, 1.807) is 0 Å². The van der Waals surface area contributed by atoms with Gasteiger partial charge in [0, 0.05) is 0 Å². The van der Waals surface area contributed by atoms with Crippen LogP contribution in [0.4, 0.5) is 0 Å². The van der Waals surface area contributed by atoms with Crippen LogP contribution in [0.2, 0.25) is 0 Å². The molecule has 2 rings (SSSR count). The van der Waals surface area contributed by atoms with Gasteiger partial charge in [-0.15, -0.1) is 0 Å². The zero-order valence-electron chi connectivity index (χ0n) is 8.96. The Morgan fingerprint density at radius 2 is 1.93 bits per heavy atom. The molecular formula is C13H18O. The molecule has 1 fully saturated rings. The summed E-state index contributed by atoms with van der Waals surface area (Å²) < 4.78 is 0. The predicted molar refractivity (Wildman–Crippen MR) is 58.4 cm³/mol. The van der Waals surface area contributed by atoms with Crippen molar-refractivity contribution in [1.82, 2.24) is 0 Å². The van der Waals surface area contributed by atoms with Crippen molar-refractivity contribution in [1.29, 1.82) is 0 Å². The number of aliphatic hydroxyl groups excluding tert-OH is 1. The third-order valence-corrected chi connectivity index (χ3v) is 3.46. The average molecular weight is 190 g/mol. The molecule has 0 radical (unpaired) electrons. The lowest BCUT2D eigenvalue weighted by Crippen LogP contribution is -2.18. The molecule has 1 N–H and O–H groups in total. The normalized spacial score (nSPS) is 32.1. The molecule has 76 valence electrons. The monoisotopic (exact) mass is 190 g/mol. The van der Waals surface area contributed by atoms with E-state index >= 15 is 0 Å². The van der Waals surface area contributed by atoms with Gasteiger partial charge in [0.2, 0.25) is 0 Å². The zero-order chi connectivity index (χ0) is 10.2. The van der Waals surface area contributed by atoms with Crippen molar-refractivity contribution in [3.05, 3.63) is 35.4 Å². The van der Waals surface area contributed by atoms with E-state index in [0.29, 0.717) is 0 Å². The Kier molecular flexibility index (Phi) is 2.36. The summed E-state index contributed by atoms with van der Waals surface area (Å²) in [5.74, 6) is 0. The number of aryl methyl sites for hydroxylation is 1. The number of hydrogen-bond acceptors (Lipinski definition) is 1. The Labute approximate surface area is 85.8 Å². The topological polar surface area (TPSA) is 20.2 Å². The van der Waals surface area contributed by atoms with Gasteiger partial charge in [-0.05, 0) is 37.2 Å². The molecule has 0 amide bonds. The molecule has 2 unspecified atom stereocenters. The first-order valence-corrected chi connectivity index (χ1v) is 5.35. The molecule has 0 aromatic heterocycles. The van der Waals surface area contributed by atoms with Crippen molar-refractivity contribution in [3.63, 3.8) is 0 Å². The molecule has 0 aliphatic heterocycles. The third-order valence-electron chi connectivity index (χ3n) is 3.46. The van der Waals surface area contributed by atoms with Gasteiger partial charge in [0.1, 0.15) is 0 Å². The lowest BCUT2D eigenvalue weighted by atomic mass is 9.81. The fourth-order valence-electron chi connectivity index (χ4n) is 2.43. The van der Waals surface area contributed by atoms with Gasteiger partial charge in [-0.3, -0.25) is 0 Å². The molecule has 1 saturated carbocycles. The van der Waals surface area contributed by atoms with Crippen LogP contribution in [0.25, 0.3) is 0 Å². The third kappa shape index (κ3) is 1.69. The van der Waals surface area contributed by atoms with E-state index < -0.39 is 0 Å². The van der Waals surface area contributed by atoms with Crippen molar-refractivity contribution in [2.24, 2.45) is 0 Å². The van der Waals surface area contributed by atoms with Crippen molar-refractivity contribution < 1.29 is 5.11 Å². The molecule has 1 aromatic rings. The lowest BCUT2D eigenvalue weighted by Gasteiger charge is -2.24. The van der Waals surface area contributed by atoms with Gasteiger partial charge in [-0.25, -0.2) is 0 Å². The molecule has 1 nitrogen and oxygen atoms in total. The van der Waals surface area contributed by atoms with E-state index in [0.717, 1.165) is 19.3 Å². The molecule has 1 aliphatic carbocycles. The van der Waals surface area contributed by atoms with Crippen LogP contribution in [-0.4, -0.2) is 11.2 Å². The van der Waals surface area contributed by atoms with Crippen LogP contribution in [0.1, 0.15) is 37.3 Å². The van der Waals surface area contributed by atoms with Gasteiger partial charge in [0.05, 0.1) is 6.10 Å². The quantitative estimate of drug-likeness (QED) is 0.722. The van der Waals surface area contributed by atoms with E-state index in [1.165, 1.54) is 11.1 Å². The second kappa shape index (κ2) is 3.39. The second-order valence-electron chi connectivity index (χ2n) is 4.82. The van der Waals surface area contributed by atoms with E-state index in [4.69, 9.17) is 0 Å². The summed E-state index contributed by atoms with van der Waals surface area (Å²) in [7, 11) is 0. The van der Waals surface area contributed by atoms with Crippen LogP contribution in [0, 0.1) is 6.92 Å². The fraction of sp³-hybridized carbons (Fsp3) is 0.538. The second-order valence-corrected chi connectivity index (χ2v) is 4.82. The van der Waals surface area contributed by atoms with E-state index in [2.05, 4.69) is 38.1 Å². The van der Waals surface area contributed by atoms with Crippen LogP contribution < -0.4 is 0 Å². The molecule has 2 atom stereocenters. The standard InChI is InChI=1S/C13H18O/c1-10-3-5-11(6-4-10)13(2)8-7-12(14)9-13/h3-6,12,14H,7-9H2,1-2H3. The minimum absolute atomic E-state index is 0.0960. The summed E-state index contributed by atoms with van der Waals surface area (Å²) in [6.07, 6.45) is 2.87. The summed E-state index contributed by atoms with van der Waals surface area (Å²) in [5.41, 5.74) is 2.88. The van der Waals surface area contributed by atoms with Gasteiger partial charge < -0.3 is 5.11 Å².